The minimum absolute atomic E-state index is 0.0746. The van der Waals surface area contributed by atoms with E-state index in [1.54, 1.807) is 32.9 Å². The third kappa shape index (κ3) is 8.42. The van der Waals surface area contributed by atoms with Gasteiger partial charge in [0.25, 0.3) is 5.91 Å². The van der Waals surface area contributed by atoms with Crippen LogP contribution in [0.1, 0.15) is 89.7 Å². The summed E-state index contributed by atoms with van der Waals surface area (Å²) >= 11 is 0. The number of hydrogen-bond donors (Lipinski definition) is 4. The predicted octanol–water partition coefficient (Wildman–Crippen LogP) is 2.59. The molecule has 0 spiro atoms. The number of amides is 5. The molecule has 0 unspecified atom stereocenters. The SMILES string of the molecule is CC(C)(C)OC(=O)N[C@@H]1CCCCCC=C[C@@H]2C[C@@]2(C(=O)NS(=O)(=O)C2CC2)NC(=O)[C@@H]2C[C@@H](OC(=O)N3Cc4ccc(N)cc4C3)CN2C1=O. The first-order valence-corrected chi connectivity index (χ1v) is 19.3. The van der Waals surface area contributed by atoms with Crippen LogP contribution in [-0.2, 0) is 47.0 Å². The summed E-state index contributed by atoms with van der Waals surface area (Å²) in [6.45, 7) is 5.58. The Morgan fingerprint density at radius 3 is 2.51 bits per heavy atom. The maximum absolute atomic E-state index is 14.3. The highest BCUT2D eigenvalue weighted by atomic mass is 32.2. The largest absolute Gasteiger partial charge is 0.444 e. The maximum atomic E-state index is 14.3. The molecule has 2 aliphatic carbocycles. The number of benzene rings is 1. The Kier molecular flexibility index (Phi) is 10.0. The van der Waals surface area contributed by atoms with Gasteiger partial charge in [0.1, 0.15) is 29.3 Å². The Bertz CT molecular complexity index is 1720. The Morgan fingerprint density at radius 2 is 1.78 bits per heavy atom. The highest BCUT2D eigenvalue weighted by Gasteiger charge is 2.62. The van der Waals surface area contributed by atoms with Gasteiger partial charge >= 0.3 is 12.2 Å². The Labute approximate surface area is 298 Å². The van der Waals surface area contributed by atoms with Gasteiger partial charge in [-0.1, -0.05) is 31.1 Å². The topological polar surface area (TPSA) is 207 Å². The van der Waals surface area contributed by atoms with Crippen LogP contribution in [0.5, 0.6) is 0 Å². The second-order valence-corrected chi connectivity index (χ2v) is 17.3. The van der Waals surface area contributed by atoms with Crippen molar-refractivity contribution < 1.29 is 41.9 Å². The van der Waals surface area contributed by atoms with Crippen molar-refractivity contribution in [3.8, 4) is 0 Å². The molecule has 5 N–H and O–H groups in total. The first-order chi connectivity index (χ1) is 24.0. The van der Waals surface area contributed by atoms with Crippen LogP contribution in [0.25, 0.3) is 0 Å². The first kappa shape index (κ1) is 36.5. The Balaban J connectivity index is 1.25. The summed E-state index contributed by atoms with van der Waals surface area (Å²) in [6.07, 6.45) is 5.55. The minimum Gasteiger partial charge on any atom is -0.444 e. The smallest absolute Gasteiger partial charge is 0.410 e. The van der Waals surface area contributed by atoms with Crippen LogP contribution in [0.4, 0.5) is 15.3 Å². The van der Waals surface area contributed by atoms with Gasteiger partial charge < -0.3 is 30.7 Å². The zero-order valence-electron chi connectivity index (χ0n) is 29.3. The number of alkyl carbamates (subject to hydrolysis) is 1. The molecule has 3 aliphatic heterocycles. The minimum atomic E-state index is -3.90. The normalized spacial score (nSPS) is 28.3. The van der Waals surface area contributed by atoms with Gasteiger partial charge in [-0.25, -0.2) is 18.0 Å². The molecule has 15 nitrogen and oxygen atoms in total. The predicted molar refractivity (Wildman–Crippen MR) is 185 cm³/mol. The number of allylic oxidation sites excluding steroid dienone is 1. The molecular weight excluding hydrogens is 680 g/mol. The van der Waals surface area contributed by atoms with Gasteiger partial charge in [0.2, 0.25) is 21.8 Å². The highest BCUT2D eigenvalue weighted by molar-refractivity contribution is 7.91. The standard InChI is InChI=1S/C35H48N6O9S/c1-34(2,3)50-32(45)37-27-10-8-6-4-5-7-9-23-17-35(23,31(44)39-51(47,48)26-13-14-26)38-29(42)28-16-25(20-41(28)30(27)43)49-33(46)40-18-21-11-12-24(36)15-22(21)19-40/h7,9,11-12,15,23,25-28H,4-6,8,10,13-14,16-20,36H2,1-3H3,(H,37,45)(H,38,42)(H,39,44)/t23-,25-,27-,28+,35-/m1/s1. The van der Waals surface area contributed by atoms with Crippen molar-refractivity contribution in [3.05, 3.63) is 41.5 Å². The second kappa shape index (κ2) is 14.0. The number of ether oxygens (including phenoxy) is 2. The number of fused-ring (bicyclic) bond motifs is 3. The molecule has 6 rings (SSSR count). The number of nitrogen functional groups attached to an aromatic ring is 1. The third-order valence-corrected chi connectivity index (χ3v) is 11.8. The lowest BCUT2D eigenvalue weighted by atomic mass is 10.0. The molecule has 0 aromatic heterocycles. The van der Waals surface area contributed by atoms with Gasteiger partial charge in [0.05, 0.1) is 11.8 Å². The number of anilines is 1. The van der Waals surface area contributed by atoms with E-state index >= 15 is 0 Å². The van der Waals surface area contributed by atoms with E-state index in [0.717, 1.165) is 24.0 Å². The molecule has 1 aromatic carbocycles. The van der Waals surface area contributed by atoms with E-state index in [1.165, 1.54) is 9.80 Å². The summed E-state index contributed by atoms with van der Waals surface area (Å²) in [4.78, 5) is 71.1. The number of nitrogens with one attached hydrogen (secondary N) is 3. The van der Waals surface area contributed by atoms with Gasteiger partial charge in [0, 0.05) is 31.1 Å². The van der Waals surface area contributed by atoms with E-state index in [4.69, 9.17) is 15.2 Å². The fourth-order valence-corrected chi connectivity index (χ4v) is 8.42. The Morgan fingerprint density at radius 1 is 1.04 bits per heavy atom. The molecule has 1 saturated heterocycles. The number of carbonyl (C=O) groups is 5. The van der Waals surface area contributed by atoms with Crippen molar-refractivity contribution in [3.63, 3.8) is 0 Å². The molecule has 278 valence electrons. The molecule has 1 aromatic rings. The van der Waals surface area contributed by atoms with Crippen molar-refractivity contribution in [1.82, 2.24) is 25.2 Å². The van der Waals surface area contributed by atoms with Crippen molar-refractivity contribution >= 4 is 45.6 Å². The van der Waals surface area contributed by atoms with E-state index in [0.29, 0.717) is 37.9 Å². The number of hydrogen-bond acceptors (Lipinski definition) is 10. The molecule has 0 radical (unpaired) electrons. The number of sulfonamides is 1. The van der Waals surface area contributed by atoms with Gasteiger partial charge in [0.15, 0.2) is 0 Å². The first-order valence-electron chi connectivity index (χ1n) is 17.7. The van der Waals surface area contributed by atoms with Gasteiger partial charge in [-0.3, -0.25) is 24.0 Å². The summed E-state index contributed by atoms with van der Waals surface area (Å²) in [6, 6.07) is 3.19. The molecule has 0 bridgehead atoms. The Hall–Kier alpha value is -4.34. The van der Waals surface area contributed by atoms with Crippen molar-refractivity contribution in [2.75, 3.05) is 12.3 Å². The lowest BCUT2D eigenvalue weighted by Crippen LogP contribution is -2.58. The van der Waals surface area contributed by atoms with Crippen LogP contribution in [-0.4, -0.2) is 89.2 Å². The number of nitrogens with two attached hydrogens (primary N) is 1. The fraction of sp³-hybridized carbons (Fsp3) is 0.629. The monoisotopic (exact) mass is 728 g/mol. The van der Waals surface area contributed by atoms with E-state index in [2.05, 4.69) is 15.4 Å². The van der Waals surface area contributed by atoms with Crippen molar-refractivity contribution in [2.45, 2.75) is 126 Å². The van der Waals surface area contributed by atoms with Crippen LogP contribution in [0.2, 0.25) is 0 Å². The summed E-state index contributed by atoms with van der Waals surface area (Å²) in [7, 11) is -3.90. The number of nitrogens with zero attached hydrogens (tertiary/aromatic N) is 2. The van der Waals surface area contributed by atoms with Crippen molar-refractivity contribution in [1.29, 1.82) is 0 Å². The fourth-order valence-electron chi connectivity index (χ4n) is 7.06. The van der Waals surface area contributed by atoms with Crippen LogP contribution in [0.15, 0.2) is 30.4 Å². The van der Waals surface area contributed by atoms with Crippen molar-refractivity contribution in [2.24, 2.45) is 5.92 Å². The van der Waals surface area contributed by atoms with E-state index in [-0.39, 0.29) is 32.4 Å². The summed E-state index contributed by atoms with van der Waals surface area (Å²) in [5.41, 5.74) is 5.99. The average molecular weight is 729 g/mol. The van der Waals surface area contributed by atoms with E-state index < -0.39 is 80.4 Å². The molecule has 5 atom stereocenters. The van der Waals surface area contributed by atoms with Gasteiger partial charge in [-0.15, -0.1) is 0 Å². The van der Waals surface area contributed by atoms with E-state index in [9.17, 15) is 32.4 Å². The molecule has 5 amide bonds. The number of rotatable bonds is 5. The average Bonchev–Trinajstić information content (AvgIpc) is 3.93. The maximum Gasteiger partial charge on any atom is 0.410 e. The molecule has 2 saturated carbocycles. The van der Waals surface area contributed by atoms with Gasteiger partial charge in [-0.2, -0.15) is 0 Å². The quantitative estimate of drug-likeness (QED) is 0.258. The van der Waals surface area contributed by atoms with Gasteiger partial charge in [-0.05, 0) is 82.6 Å². The summed E-state index contributed by atoms with van der Waals surface area (Å²) < 4.78 is 39.0. The molecule has 5 aliphatic rings. The summed E-state index contributed by atoms with van der Waals surface area (Å²) in [5.74, 6) is -2.52. The molecule has 3 fully saturated rings. The van der Waals surface area contributed by atoms with Crippen LogP contribution in [0.3, 0.4) is 0 Å². The van der Waals surface area contributed by atoms with Crippen LogP contribution in [0, 0.1) is 5.92 Å². The van der Waals surface area contributed by atoms with Crippen LogP contribution >= 0.6 is 0 Å². The lowest BCUT2D eigenvalue weighted by Gasteiger charge is -2.30. The zero-order chi connectivity index (χ0) is 36.7. The lowest BCUT2D eigenvalue weighted by molar-refractivity contribution is -0.141. The summed E-state index contributed by atoms with van der Waals surface area (Å²) in [5, 5.41) is 4.86. The molecule has 16 heteroatoms. The zero-order valence-corrected chi connectivity index (χ0v) is 30.1. The molecule has 3 heterocycles. The molecular formula is C35H48N6O9S. The second-order valence-electron chi connectivity index (χ2n) is 15.3. The highest BCUT2D eigenvalue weighted by Crippen LogP contribution is 2.46. The van der Waals surface area contributed by atoms with E-state index in [1.807, 2.05) is 18.2 Å². The van der Waals surface area contributed by atoms with Crippen LogP contribution < -0.4 is 21.1 Å². The third-order valence-electron chi connectivity index (χ3n) is 10.0. The number of carbonyl (C=O) groups excluding carboxylic acids is 5. The molecule has 51 heavy (non-hydrogen) atoms.